The van der Waals surface area contributed by atoms with Gasteiger partial charge < -0.3 is 91.6 Å². The SMILES string of the molecule is C=CC(=O)N1CCc2c(sc3ncnc(N[C@H](C(=O)O)c4ccccc4)c23)C1.C=CC(=O)N1CCc2c(sc3ncnc(N[C@H](C(=O)OC)c4ccccc4)c23)C1.CC#CC(=O)N1Cc2sc3ncnc(N[C@H](CO)c4ccccc4)c3c2C1.CN(C)CCNC(=O)/C=C/C(=O)N1Cc2sc3ncnc(N[C@H](CO)c4ccccc4)c3c2C1.O=C(O)/C=C/C(=O)N1Cc2sc3ncnc(N[C@H](CO)c4ccccc4)c3c2C1. The van der Waals surface area contributed by atoms with Crippen LogP contribution in [-0.4, -0.2) is 225 Å². The lowest BCUT2D eigenvalue weighted by molar-refractivity contribution is -0.142. The van der Waals surface area contributed by atoms with Crippen LogP contribution in [0.25, 0.3) is 51.1 Å². The smallest absolute Gasteiger partial charge is 0.333 e. The standard InChI is InChI=1S/C24H28N6O3S.C21H20N4O3S.C20H18N4O4S.C20H18N4O3S.C20H18N4O2S/c1-29(2)11-10-25-20(32)8-9-21(33)30-12-17-19(13-30)34-24-22(17)23(26-15-27-24)28-18(14-31)16-6-4-3-5-7-16;1-3-16(26)25-10-9-14-15(11-25)29-20-17(14)19(22-12-23-20)24-18(21(27)28-2)13-7-5-4-6-8-13;25-10-14(12-4-2-1-3-5-12)23-19-18-13-8-24(16(26)6-7-17(27)28)9-15(13)29-20(18)22-11-21-19;1-2-15(25)24-9-8-13-14(10-24)28-19-16(13)18(21-11-22-19)23-17(20(26)27)12-6-4-3-5-7-12;1-2-6-17(26)24-9-14-16(10-24)27-20-18(14)19(21-12-22-20)23-15(11-25)13-7-4-3-5-8-13/h3-9,15,18,31H,10-14H2,1-2H3,(H,25,32)(H,26,27,28);3-8,12,18H,1,9-11H2,2H3,(H,22,23,24);1-7,11,14,25H,8-10H2,(H,27,28)(H,21,22,23);2-7,11,17H,1,8-10H2,(H,26,27)(H,21,22,23);3-5,7-8,12,15,25H,9-11H2,1H3,(H,21,22,23)/b9-8+;;7-6+;;/t2*18-;14-;17-;15-/m10101/s1. The number of aliphatic hydroxyl groups excluding tert-OH is 3. The van der Waals surface area contributed by atoms with Gasteiger partial charge in [0, 0.05) is 111 Å². The van der Waals surface area contributed by atoms with E-state index in [1.165, 1.54) is 97.1 Å². The zero-order valence-corrected chi connectivity index (χ0v) is 84.2. The van der Waals surface area contributed by atoms with E-state index >= 15 is 0 Å². The highest BCUT2D eigenvalue weighted by Crippen LogP contribution is 2.46. The first kappa shape index (κ1) is 104. The summed E-state index contributed by atoms with van der Waals surface area (Å²) in [7, 11) is 5.23. The number of hydrogen-bond acceptors (Lipinski definition) is 34. The number of ether oxygens (including phenoxy) is 1. The number of thiophene rings is 5. The number of methoxy groups -OCH3 is 1. The number of likely N-dealkylation sites (N-methyl/N-ethyl adjacent to an activating group) is 1. The second-order valence-corrected chi connectivity index (χ2v) is 39.6. The number of carboxylic acids is 2. The molecule has 0 bridgehead atoms. The minimum Gasteiger partial charge on any atom is -0.479 e. The Bertz CT molecular complexity index is 7530. The average Bonchev–Trinajstić information content (AvgIpc) is 1.61. The Morgan fingerprint density at radius 1 is 0.401 bits per heavy atom. The first-order valence-electron chi connectivity index (χ1n) is 46.5. The molecule has 0 fully saturated rings. The van der Waals surface area contributed by atoms with Crippen LogP contribution < -0.4 is 31.9 Å². The van der Waals surface area contributed by atoms with E-state index in [0.29, 0.717) is 119 Å². The minimum absolute atomic E-state index is 0.0570. The van der Waals surface area contributed by atoms with Crippen LogP contribution in [0.3, 0.4) is 0 Å². The van der Waals surface area contributed by atoms with Gasteiger partial charge in [-0.05, 0) is 90.9 Å². The van der Waals surface area contributed by atoms with E-state index in [0.717, 1.165) is 144 Å². The Hall–Kier alpha value is -16.1. The van der Waals surface area contributed by atoms with Crippen LogP contribution in [-0.2, 0) is 113 Å². The van der Waals surface area contributed by atoms with E-state index in [-0.39, 0.29) is 73.4 Å². The van der Waals surface area contributed by atoms with Crippen LogP contribution in [0.5, 0.6) is 0 Å². The van der Waals surface area contributed by atoms with E-state index in [9.17, 15) is 63.6 Å². The summed E-state index contributed by atoms with van der Waals surface area (Å²) in [5, 5.41) is 71.6. The van der Waals surface area contributed by atoms with E-state index in [4.69, 9.17) is 9.84 Å². The summed E-state index contributed by atoms with van der Waals surface area (Å²) in [6.45, 7) is 14.7. The van der Waals surface area contributed by atoms with Crippen LogP contribution in [0, 0.1) is 11.8 Å². The molecule has 6 amide bonds. The summed E-state index contributed by atoms with van der Waals surface area (Å²) in [5.74, 6) is 4.54. The Balaban J connectivity index is 0.000000132. The van der Waals surface area contributed by atoms with Gasteiger partial charge in [-0.25, -0.2) is 64.2 Å². The number of carbonyl (C=O) groups excluding carboxylic acids is 7. The van der Waals surface area contributed by atoms with Crippen molar-refractivity contribution >= 4 is 190 Å². The minimum atomic E-state index is -1.16. The summed E-state index contributed by atoms with van der Waals surface area (Å²) in [5.41, 5.74) is 9.53. The molecule has 5 aromatic carbocycles. The number of benzene rings is 5. The molecule has 5 atom stereocenters. The molecule has 15 aromatic rings. The molecule has 42 heteroatoms. The fourth-order valence-corrected chi connectivity index (χ4v) is 23.3. The second kappa shape index (κ2) is 48.5. The maximum atomic E-state index is 12.7. The summed E-state index contributed by atoms with van der Waals surface area (Å²) in [6, 6.07) is 44.9. The number of rotatable bonds is 29. The van der Waals surface area contributed by atoms with Crippen molar-refractivity contribution < 1.29 is 73.4 Å². The maximum absolute atomic E-state index is 12.7. The van der Waals surface area contributed by atoms with Gasteiger partial charge in [-0.3, -0.25) is 28.8 Å². The van der Waals surface area contributed by atoms with Crippen LogP contribution in [0.2, 0.25) is 0 Å². The van der Waals surface area contributed by atoms with E-state index < -0.39 is 30.0 Å². The highest BCUT2D eigenvalue weighted by atomic mass is 32.1. The van der Waals surface area contributed by atoms with E-state index in [2.05, 4.69) is 107 Å². The Labute approximate surface area is 863 Å². The van der Waals surface area contributed by atoms with Crippen LogP contribution in [0.4, 0.5) is 29.1 Å². The van der Waals surface area contributed by atoms with Crippen molar-refractivity contribution in [3.05, 3.63) is 313 Å². The largest absolute Gasteiger partial charge is 0.479 e. The molecule has 0 saturated heterocycles. The third-order valence-electron chi connectivity index (χ3n) is 24.7. The molecule has 147 heavy (non-hydrogen) atoms. The summed E-state index contributed by atoms with van der Waals surface area (Å²) >= 11 is 7.66. The van der Waals surface area contributed by atoms with Gasteiger partial charge in [-0.1, -0.05) is 171 Å². The van der Waals surface area contributed by atoms with Crippen molar-refractivity contribution in [2.24, 2.45) is 0 Å². The molecular formula is C105H102N22O15S5. The van der Waals surface area contributed by atoms with E-state index in [1.807, 2.05) is 146 Å². The highest BCUT2D eigenvalue weighted by Gasteiger charge is 2.36. The number of anilines is 5. The number of nitrogens with one attached hydrogen (secondary N) is 6. The number of aromatic nitrogens is 10. The molecule has 20 rings (SSSR count). The Morgan fingerprint density at radius 3 is 1.05 bits per heavy atom. The fraction of sp³-hybridized carbons (Fsp3) is 0.248. The predicted octanol–water partition coefficient (Wildman–Crippen LogP) is 13.0. The predicted molar refractivity (Wildman–Crippen MR) is 564 cm³/mol. The highest BCUT2D eigenvalue weighted by molar-refractivity contribution is 7.20. The number of carboxylic acid groups (broad SMARTS) is 2. The van der Waals surface area contributed by atoms with Crippen LogP contribution in [0.15, 0.2) is 233 Å². The summed E-state index contributed by atoms with van der Waals surface area (Å²) < 4.78 is 5.00. The van der Waals surface area contributed by atoms with Crippen molar-refractivity contribution in [3.63, 3.8) is 0 Å². The van der Waals surface area contributed by atoms with Crippen molar-refractivity contribution in [2.75, 3.05) is 93.8 Å². The number of carbonyl (C=O) groups is 9. The molecular weight excluding hydrogens is 1970 g/mol. The molecule has 0 saturated carbocycles. The zero-order chi connectivity index (χ0) is 103. The van der Waals surface area contributed by atoms with Gasteiger partial charge in [0.15, 0.2) is 12.1 Å². The number of aliphatic hydroxyl groups is 3. The summed E-state index contributed by atoms with van der Waals surface area (Å²) in [6.07, 6.45) is 16.0. The van der Waals surface area contributed by atoms with Crippen LogP contribution >= 0.6 is 56.7 Å². The third-order valence-corrected chi connectivity index (χ3v) is 30.3. The molecule has 5 aliphatic heterocycles. The molecule has 37 nitrogen and oxygen atoms in total. The van der Waals surface area contributed by atoms with Gasteiger partial charge in [0.25, 0.3) is 5.91 Å². The number of aliphatic carboxylic acids is 2. The normalized spacial score (nSPS) is 14.1. The third kappa shape index (κ3) is 24.4. The second-order valence-electron chi connectivity index (χ2n) is 34.2. The number of amides is 6. The molecule has 0 aliphatic carbocycles. The molecule has 5 aliphatic rings. The number of hydrogen-bond donors (Lipinski definition) is 11. The molecule has 0 spiro atoms. The molecule has 752 valence electrons. The Kier molecular flexibility index (Phi) is 34.2. The first-order chi connectivity index (χ1) is 71.4. The lowest BCUT2D eigenvalue weighted by Gasteiger charge is -2.26. The van der Waals surface area contributed by atoms with Crippen molar-refractivity contribution in [1.82, 2.24) is 84.6 Å². The molecule has 10 aromatic heterocycles. The van der Waals surface area contributed by atoms with Gasteiger partial charge in [0.1, 0.15) is 84.9 Å². The molecule has 0 radical (unpaired) electrons. The number of esters is 1. The van der Waals surface area contributed by atoms with Gasteiger partial charge >= 0.3 is 17.9 Å². The van der Waals surface area contributed by atoms with Gasteiger partial charge in [0.05, 0.1) is 105 Å². The summed E-state index contributed by atoms with van der Waals surface area (Å²) in [4.78, 5) is 172. The van der Waals surface area contributed by atoms with Gasteiger partial charge in [-0.2, -0.15) is 0 Å². The van der Waals surface area contributed by atoms with Crippen LogP contribution in [0.1, 0.15) is 117 Å². The molecule has 11 N–H and O–H groups in total. The van der Waals surface area contributed by atoms with Crippen molar-refractivity contribution in [1.29, 1.82) is 0 Å². The van der Waals surface area contributed by atoms with E-state index in [1.54, 1.807) is 78.4 Å². The Morgan fingerprint density at radius 2 is 0.714 bits per heavy atom. The zero-order valence-electron chi connectivity index (χ0n) is 80.1. The molecule has 0 unspecified atom stereocenters. The monoisotopic (exact) mass is 2070 g/mol. The fourth-order valence-electron chi connectivity index (χ4n) is 17.4. The lowest BCUT2D eigenvalue weighted by atomic mass is 10.0. The van der Waals surface area contributed by atoms with Crippen molar-refractivity contribution in [2.45, 2.75) is 102 Å². The lowest BCUT2D eigenvalue weighted by Crippen LogP contribution is -2.34. The topological polar surface area (TPSA) is 485 Å². The van der Waals surface area contributed by atoms with Gasteiger partial charge in [-0.15, -0.1) is 56.7 Å². The average molecular weight is 2070 g/mol. The first-order valence-corrected chi connectivity index (χ1v) is 50.6. The van der Waals surface area contributed by atoms with Crippen molar-refractivity contribution in [3.8, 4) is 11.8 Å². The number of nitrogens with zero attached hydrogens (tertiary/aromatic N) is 16. The number of fused-ring (bicyclic) bond motifs is 15. The molecule has 15 heterocycles. The van der Waals surface area contributed by atoms with Gasteiger partial charge in [0.2, 0.25) is 29.5 Å². The quantitative estimate of drug-likeness (QED) is 0.0118. The maximum Gasteiger partial charge on any atom is 0.333 e.